The Labute approximate surface area is 237 Å². The number of aliphatic hydroxyl groups is 1. The van der Waals surface area contributed by atoms with Gasteiger partial charge in [-0.2, -0.15) is 24.1 Å². The van der Waals surface area contributed by atoms with Crippen LogP contribution in [0, 0.1) is 0 Å². The molecule has 0 saturated carbocycles. The van der Waals surface area contributed by atoms with E-state index in [-0.39, 0.29) is 34.3 Å². The maximum absolute atomic E-state index is 13.4. The topological polar surface area (TPSA) is 137 Å². The summed E-state index contributed by atoms with van der Waals surface area (Å²) in [5.74, 6) is 0.0131. The fourth-order valence-electron chi connectivity index (χ4n) is 4.94. The van der Waals surface area contributed by atoms with Crippen molar-refractivity contribution in [2.75, 3.05) is 25.5 Å². The van der Waals surface area contributed by atoms with Crippen LogP contribution in [0.25, 0.3) is 16.9 Å². The number of aliphatic hydroxyl groups excluding tert-OH is 1. The Kier molecular flexibility index (Phi) is 7.26. The summed E-state index contributed by atoms with van der Waals surface area (Å²) in [6.45, 7) is -1.67. The van der Waals surface area contributed by atoms with Crippen LogP contribution in [0.5, 0.6) is 17.2 Å². The SMILES string of the molecule is CN1CC[C@H](O)[C@@H](n2cc(Oc3ccc(OC(F)F)c(-c4nn(C)cc4NC(=O)c4cnn5cccnc45)c3)cn2)C1. The van der Waals surface area contributed by atoms with Gasteiger partial charge in [-0.25, -0.2) is 9.50 Å². The highest BCUT2D eigenvalue weighted by atomic mass is 19.3. The van der Waals surface area contributed by atoms with E-state index < -0.39 is 18.6 Å². The summed E-state index contributed by atoms with van der Waals surface area (Å²) >= 11 is 0. The summed E-state index contributed by atoms with van der Waals surface area (Å²) in [5.41, 5.74) is 1.17. The van der Waals surface area contributed by atoms with Gasteiger partial charge >= 0.3 is 6.61 Å². The van der Waals surface area contributed by atoms with Gasteiger partial charge in [-0.05, 0) is 37.7 Å². The lowest BCUT2D eigenvalue weighted by molar-refractivity contribution is -0.0494. The van der Waals surface area contributed by atoms with Gasteiger partial charge in [0.25, 0.3) is 5.91 Å². The summed E-state index contributed by atoms with van der Waals surface area (Å²) in [6.07, 6.45) is 9.41. The van der Waals surface area contributed by atoms with Crippen molar-refractivity contribution in [3.8, 4) is 28.5 Å². The average Bonchev–Trinajstić information content (AvgIpc) is 3.69. The van der Waals surface area contributed by atoms with Gasteiger partial charge in [0.2, 0.25) is 0 Å². The van der Waals surface area contributed by atoms with Crippen molar-refractivity contribution in [3.63, 3.8) is 0 Å². The number of fused-ring (bicyclic) bond motifs is 1. The molecule has 5 heterocycles. The fraction of sp³-hybridized carbons (Fsp3) is 0.296. The van der Waals surface area contributed by atoms with E-state index in [2.05, 4.69) is 30.5 Å². The second kappa shape index (κ2) is 11.2. The molecule has 0 radical (unpaired) electrons. The number of nitrogens with one attached hydrogen (secondary N) is 1. The quantitative estimate of drug-likeness (QED) is 0.284. The van der Waals surface area contributed by atoms with Gasteiger partial charge in [-0.1, -0.05) is 0 Å². The number of likely N-dealkylation sites (tertiary alicyclic amines) is 1. The number of carbonyl (C=O) groups excluding carboxylic acids is 1. The van der Waals surface area contributed by atoms with Crippen LogP contribution in [-0.2, 0) is 7.05 Å². The number of anilines is 1. The van der Waals surface area contributed by atoms with E-state index >= 15 is 0 Å². The van der Waals surface area contributed by atoms with Gasteiger partial charge in [0, 0.05) is 38.7 Å². The van der Waals surface area contributed by atoms with Gasteiger partial charge in [0.15, 0.2) is 11.4 Å². The molecule has 13 nitrogen and oxygen atoms in total. The second-order valence-electron chi connectivity index (χ2n) is 9.95. The summed E-state index contributed by atoms with van der Waals surface area (Å²) in [6, 6.07) is 5.77. The second-order valence-corrected chi connectivity index (χ2v) is 9.95. The number of likely N-dealkylation sites (N-methyl/N-ethyl adjacent to an activating group) is 1. The monoisotopic (exact) mass is 579 g/mol. The summed E-state index contributed by atoms with van der Waals surface area (Å²) in [5, 5.41) is 26.1. The number of alkyl halides is 2. The third-order valence-electron chi connectivity index (χ3n) is 6.93. The Hall–Kier alpha value is -4.89. The zero-order valence-corrected chi connectivity index (χ0v) is 22.6. The zero-order valence-electron chi connectivity index (χ0n) is 22.6. The number of aryl methyl sites for hydroxylation is 1. The predicted molar refractivity (Wildman–Crippen MR) is 146 cm³/mol. The van der Waals surface area contributed by atoms with Crippen LogP contribution in [0.1, 0.15) is 22.8 Å². The largest absolute Gasteiger partial charge is 0.454 e. The molecule has 4 aromatic heterocycles. The number of carbonyl (C=O) groups is 1. The van der Waals surface area contributed by atoms with E-state index in [9.17, 15) is 18.7 Å². The van der Waals surface area contributed by atoms with Crippen molar-refractivity contribution < 1.29 is 28.2 Å². The van der Waals surface area contributed by atoms with Gasteiger partial charge in [0.1, 0.15) is 22.8 Å². The molecule has 0 spiro atoms. The van der Waals surface area contributed by atoms with Crippen molar-refractivity contribution in [2.45, 2.75) is 25.2 Å². The van der Waals surface area contributed by atoms with Crippen LogP contribution in [0.4, 0.5) is 14.5 Å². The molecule has 42 heavy (non-hydrogen) atoms. The molecular formula is C27H27F2N9O4. The van der Waals surface area contributed by atoms with Gasteiger partial charge in [-0.15, -0.1) is 0 Å². The highest BCUT2D eigenvalue weighted by molar-refractivity contribution is 6.09. The van der Waals surface area contributed by atoms with Crippen molar-refractivity contribution in [1.82, 2.24) is 39.1 Å². The minimum atomic E-state index is -3.10. The zero-order chi connectivity index (χ0) is 29.4. The molecule has 2 atom stereocenters. The molecule has 6 rings (SSSR count). The molecule has 5 aromatic rings. The number of ether oxygens (including phenoxy) is 2. The van der Waals surface area contributed by atoms with Crippen molar-refractivity contribution in [2.24, 2.45) is 7.05 Å². The Morgan fingerprint density at radius 3 is 2.86 bits per heavy atom. The molecule has 1 fully saturated rings. The summed E-state index contributed by atoms with van der Waals surface area (Å²) in [7, 11) is 3.61. The summed E-state index contributed by atoms with van der Waals surface area (Å²) < 4.78 is 42.1. The van der Waals surface area contributed by atoms with Crippen molar-refractivity contribution >= 4 is 17.2 Å². The van der Waals surface area contributed by atoms with Gasteiger partial charge < -0.3 is 24.8 Å². The molecule has 0 aliphatic carbocycles. The molecule has 1 aliphatic rings. The van der Waals surface area contributed by atoms with E-state index in [4.69, 9.17) is 9.47 Å². The Balaban J connectivity index is 1.30. The third-order valence-corrected chi connectivity index (χ3v) is 6.93. The molecule has 0 bridgehead atoms. The molecule has 1 aliphatic heterocycles. The van der Waals surface area contributed by atoms with Crippen LogP contribution >= 0.6 is 0 Å². The first kappa shape index (κ1) is 27.3. The highest BCUT2D eigenvalue weighted by Crippen LogP contribution is 2.39. The number of rotatable bonds is 8. The van der Waals surface area contributed by atoms with Crippen LogP contribution in [0.2, 0.25) is 0 Å². The Morgan fingerprint density at radius 2 is 2.02 bits per heavy atom. The molecule has 15 heteroatoms. The van der Waals surface area contributed by atoms with E-state index in [1.807, 2.05) is 7.05 Å². The predicted octanol–water partition coefficient (Wildman–Crippen LogP) is 3.21. The third kappa shape index (κ3) is 5.51. The Morgan fingerprint density at radius 1 is 1.17 bits per heavy atom. The number of hydrogen-bond donors (Lipinski definition) is 2. The fourth-order valence-corrected chi connectivity index (χ4v) is 4.94. The van der Waals surface area contributed by atoms with E-state index in [0.29, 0.717) is 30.1 Å². The molecule has 1 amide bonds. The maximum Gasteiger partial charge on any atom is 0.387 e. The van der Waals surface area contributed by atoms with Gasteiger partial charge in [-0.3, -0.25) is 14.2 Å². The van der Waals surface area contributed by atoms with E-state index in [1.165, 1.54) is 39.8 Å². The normalized spacial score (nSPS) is 17.6. The maximum atomic E-state index is 13.4. The van der Waals surface area contributed by atoms with Crippen LogP contribution < -0.4 is 14.8 Å². The van der Waals surface area contributed by atoms with Crippen LogP contribution in [0.3, 0.4) is 0 Å². The first-order valence-electron chi connectivity index (χ1n) is 13.1. The standard InChI is InChI=1S/C27H27F2N9O4/c1-35-9-6-22(39)21(15-35)38-13-17(11-31-38)41-16-4-5-23(42-27(28)29)18(10-16)24-20(14-36(2)34-24)33-26(40)19-12-32-37-8-3-7-30-25(19)37/h3-5,7-8,10-14,21-22,27,39H,6,9,15H2,1-2H3,(H,33,40)/t21-,22-/m0/s1. The number of hydrogen-bond acceptors (Lipinski definition) is 9. The highest BCUT2D eigenvalue weighted by Gasteiger charge is 2.28. The minimum Gasteiger partial charge on any atom is -0.454 e. The summed E-state index contributed by atoms with van der Waals surface area (Å²) in [4.78, 5) is 19.5. The number of piperidine rings is 1. The molecule has 1 aromatic carbocycles. The Bertz CT molecular complexity index is 1730. The van der Waals surface area contributed by atoms with Crippen LogP contribution in [0.15, 0.2) is 61.4 Å². The van der Waals surface area contributed by atoms with Crippen molar-refractivity contribution in [3.05, 3.63) is 67.0 Å². The number of benzene rings is 1. The number of amides is 1. The number of aromatic nitrogens is 7. The molecular weight excluding hydrogens is 552 g/mol. The lowest BCUT2D eigenvalue weighted by Gasteiger charge is -2.33. The number of nitrogens with zero attached hydrogens (tertiary/aromatic N) is 8. The molecule has 1 saturated heterocycles. The van der Waals surface area contributed by atoms with Gasteiger partial charge in [0.05, 0.1) is 42.0 Å². The van der Waals surface area contributed by atoms with E-state index in [0.717, 1.165) is 6.54 Å². The lowest BCUT2D eigenvalue weighted by Crippen LogP contribution is -2.42. The first-order chi connectivity index (χ1) is 20.2. The lowest BCUT2D eigenvalue weighted by atomic mass is 10.0. The van der Waals surface area contributed by atoms with Crippen molar-refractivity contribution in [1.29, 1.82) is 0 Å². The molecule has 218 valence electrons. The average molecular weight is 580 g/mol. The number of halogens is 2. The smallest absolute Gasteiger partial charge is 0.387 e. The molecule has 0 unspecified atom stereocenters. The van der Waals surface area contributed by atoms with Crippen LogP contribution in [-0.4, -0.2) is 82.9 Å². The minimum absolute atomic E-state index is 0.159. The van der Waals surface area contributed by atoms with E-state index in [1.54, 1.807) is 42.6 Å². The molecule has 2 N–H and O–H groups in total. The first-order valence-corrected chi connectivity index (χ1v) is 13.1.